The van der Waals surface area contributed by atoms with Crippen LogP contribution in [0.4, 0.5) is 0 Å². The summed E-state index contributed by atoms with van der Waals surface area (Å²) >= 11 is 0. The van der Waals surface area contributed by atoms with Gasteiger partial charge in [-0.1, -0.05) is 44.1 Å². The van der Waals surface area contributed by atoms with E-state index in [2.05, 4.69) is 13.5 Å². The molecule has 2 aliphatic carbocycles. The summed E-state index contributed by atoms with van der Waals surface area (Å²) < 4.78 is 0. The Balaban J connectivity index is 0.000000379. The molecule has 0 heterocycles. The lowest BCUT2D eigenvalue weighted by Crippen LogP contribution is -2.52. The highest BCUT2D eigenvalue weighted by Crippen LogP contribution is 2.31. The van der Waals surface area contributed by atoms with Crippen LogP contribution in [0.25, 0.3) is 0 Å². The standard InChI is InChI=1S/C14H26N2O.C6H10/c1-10-6-8-11(9-7-10)13(15)14(17)16(2)12-4-3-5-12;1-4-5-6(2)3/h10-13H,3-9,15H2,1-2H3;4-5H,1H2,2-3H3/t10?,11?,13-;/m0./s1. The average molecular weight is 321 g/mol. The van der Waals surface area contributed by atoms with Crippen molar-refractivity contribution in [3.63, 3.8) is 0 Å². The molecule has 2 aliphatic rings. The Morgan fingerprint density at radius 1 is 1.17 bits per heavy atom. The Labute approximate surface area is 143 Å². The monoisotopic (exact) mass is 320 g/mol. The molecule has 132 valence electrons. The van der Waals surface area contributed by atoms with Crippen molar-refractivity contribution >= 4 is 5.91 Å². The van der Waals surface area contributed by atoms with Crippen molar-refractivity contribution in [2.45, 2.75) is 77.8 Å². The highest BCUT2D eigenvalue weighted by molar-refractivity contribution is 5.82. The minimum absolute atomic E-state index is 0.175. The van der Waals surface area contributed by atoms with Crippen LogP contribution in [0, 0.1) is 11.8 Å². The molecular formula is C20H36N2O. The quantitative estimate of drug-likeness (QED) is 0.785. The van der Waals surface area contributed by atoms with Crippen molar-refractivity contribution in [3.05, 3.63) is 24.3 Å². The zero-order valence-corrected chi connectivity index (χ0v) is 15.6. The molecule has 0 aromatic carbocycles. The summed E-state index contributed by atoms with van der Waals surface area (Å²) in [6.07, 6.45) is 12.1. The van der Waals surface area contributed by atoms with Crippen LogP contribution < -0.4 is 5.73 Å². The van der Waals surface area contributed by atoms with Crippen LogP contribution in [-0.4, -0.2) is 29.9 Å². The van der Waals surface area contributed by atoms with Crippen LogP contribution in [0.5, 0.6) is 0 Å². The number of hydrogen-bond acceptors (Lipinski definition) is 2. The summed E-state index contributed by atoms with van der Waals surface area (Å²) in [7, 11) is 1.93. The van der Waals surface area contributed by atoms with Gasteiger partial charge in [0.15, 0.2) is 0 Å². The number of hydrogen-bond donors (Lipinski definition) is 1. The van der Waals surface area contributed by atoms with E-state index in [1.807, 2.05) is 31.9 Å². The fourth-order valence-electron chi connectivity index (χ4n) is 3.27. The molecule has 0 spiro atoms. The topological polar surface area (TPSA) is 46.3 Å². The van der Waals surface area contributed by atoms with Crippen molar-refractivity contribution < 1.29 is 4.79 Å². The molecule has 0 aromatic heterocycles. The molecule has 0 aromatic rings. The molecule has 3 heteroatoms. The number of allylic oxidation sites excluding steroid dienone is 3. The van der Waals surface area contributed by atoms with Gasteiger partial charge in [-0.25, -0.2) is 0 Å². The van der Waals surface area contributed by atoms with Gasteiger partial charge in [0.2, 0.25) is 5.91 Å². The normalized spacial score (nSPS) is 25.3. The predicted octanol–water partition coefficient (Wildman–Crippen LogP) is 4.29. The molecule has 0 radical (unpaired) electrons. The maximum Gasteiger partial charge on any atom is 0.239 e. The summed E-state index contributed by atoms with van der Waals surface area (Å²) in [5.74, 6) is 1.41. The smallest absolute Gasteiger partial charge is 0.239 e. The largest absolute Gasteiger partial charge is 0.341 e. The van der Waals surface area contributed by atoms with Gasteiger partial charge in [0.1, 0.15) is 0 Å². The minimum Gasteiger partial charge on any atom is -0.341 e. The molecule has 2 saturated carbocycles. The number of likely N-dealkylation sites (N-methyl/N-ethyl adjacent to an activating group) is 1. The molecule has 23 heavy (non-hydrogen) atoms. The van der Waals surface area contributed by atoms with Crippen LogP contribution in [-0.2, 0) is 4.79 Å². The zero-order valence-electron chi connectivity index (χ0n) is 15.6. The van der Waals surface area contributed by atoms with Gasteiger partial charge in [0, 0.05) is 13.1 Å². The number of rotatable bonds is 4. The Hall–Kier alpha value is -1.09. The summed E-state index contributed by atoms with van der Waals surface area (Å²) in [4.78, 5) is 14.2. The van der Waals surface area contributed by atoms with Crippen LogP contribution in [0.15, 0.2) is 24.3 Å². The summed E-state index contributed by atoms with van der Waals surface area (Å²) in [5.41, 5.74) is 7.46. The molecule has 1 amide bonds. The second-order valence-corrected chi connectivity index (χ2v) is 7.56. The van der Waals surface area contributed by atoms with Gasteiger partial charge >= 0.3 is 0 Å². The summed E-state index contributed by atoms with van der Waals surface area (Å²) in [5, 5.41) is 0. The van der Waals surface area contributed by atoms with Crippen molar-refractivity contribution in [1.82, 2.24) is 4.90 Å². The van der Waals surface area contributed by atoms with Crippen molar-refractivity contribution in [3.8, 4) is 0 Å². The first-order valence-electron chi connectivity index (χ1n) is 9.15. The third-order valence-corrected chi connectivity index (χ3v) is 5.27. The first-order chi connectivity index (χ1) is 10.9. The lowest BCUT2D eigenvalue weighted by molar-refractivity contribution is -0.136. The molecule has 3 nitrogen and oxygen atoms in total. The first kappa shape index (κ1) is 20.0. The van der Waals surface area contributed by atoms with Gasteiger partial charge in [-0.2, -0.15) is 0 Å². The summed E-state index contributed by atoms with van der Waals surface area (Å²) in [6.45, 7) is 9.91. The Morgan fingerprint density at radius 2 is 1.74 bits per heavy atom. The van der Waals surface area contributed by atoms with Gasteiger partial charge in [-0.3, -0.25) is 4.79 Å². The molecule has 0 bridgehead atoms. The van der Waals surface area contributed by atoms with Crippen molar-refractivity contribution in [2.75, 3.05) is 7.05 Å². The average Bonchev–Trinajstić information content (AvgIpc) is 2.45. The van der Waals surface area contributed by atoms with Crippen molar-refractivity contribution in [1.29, 1.82) is 0 Å². The van der Waals surface area contributed by atoms with Gasteiger partial charge in [-0.15, -0.1) is 0 Å². The Morgan fingerprint density at radius 3 is 2.09 bits per heavy atom. The number of carbonyl (C=O) groups is 1. The SMILES string of the molecule is C=CC=C(C)C.CC1CCC([C@H](N)C(=O)N(C)C2CCC2)CC1. The molecule has 0 unspecified atom stereocenters. The second-order valence-electron chi connectivity index (χ2n) is 7.56. The lowest BCUT2D eigenvalue weighted by atomic mass is 9.79. The van der Waals surface area contributed by atoms with Crippen LogP contribution in [0.2, 0.25) is 0 Å². The fourth-order valence-corrected chi connectivity index (χ4v) is 3.27. The summed E-state index contributed by atoms with van der Waals surface area (Å²) in [6, 6.07) is 0.212. The Kier molecular flexibility index (Phi) is 8.60. The van der Waals surface area contributed by atoms with Crippen LogP contribution in [0.1, 0.15) is 65.7 Å². The van der Waals surface area contributed by atoms with Crippen LogP contribution in [0.3, 0.4) is 0 Å². The van der Waals surface area contributed by atoms with E-state index in [4.69, 9.17) is 5.73 Å². The maximum absolute atomic E-state index is 12.3. The van der Waals surface area contributed by atoms with Crippen molar-refractivity contribution in [2.24, 2.45) is 17.6 Å². The van der Waals surface area contributed by atoms with E-state index in [0.29, 0.717) is 12.0 Å². The molecule has 0 saturated heterocycles. The van der Waals surface area contributed by atoms with E-state index < -0.39 is 0 Å². The third-order valence-electron chi connectivity index (χ3n) is 5.27. The van der Waals surface area contributed by atoms with E-state index in [0.717, 1.165) is 31.6 Å². The van der Waals surface area contributed by atoms with Gasteiger partial charge in [0.25, 0.3) is 0 Å². The van der Waals surface area contributed by atoms with E-state index in [9.17, 15) is 4.79 Å². The second kappa shape index (κ2) is 9.92. The molecule has 0 aliphatic heterocycles. The van der Waals surface area contributed by atoms with Gasteiger partial charge in [-0.05, 0) is 57.8 Å². The minimum atomic E-state index is -0.256. The fraction of sp³-hybridized carbons (Fsp3) is 0.750. The first-order valence-corrected chi connectivity index (χ1v) is 9.15. The van der Waals surface area contributed by atoms with E-state index in [1.54, 1.807) is 6.08 Å². The van der Waals surface area contributed by atoms with E-state index in [1.165, 1.54) is 24.8 Å². The predicted molar refractivity (Wildman–Crippen MR) is 99.1 cm³/mol. The van der Waals surface area contributed by atoms with E-state index in [-0.39, 0.29) is 11.9 Å². The molecule has 2 N–H and O–H groups in total. The third kappa shape index (κ3) is 6.50. The lowest BCUT2D eigenvalue weighted by Gasteiger charge is -2.38. The highest BCUT2D eigenvalue weighted by atomic mass is 16.2. The molecule has 2 fully saturated rings. The highest BCUT2D eigenvalue weighted by Gasteiger charge is 2.33. The molecular weight excluding hydrogens is 284 g/mol. The van der Waals surface area contributed by atoms with Crippen LogP contribution >= 0.6 is 0 Å². The molecule has 1 atom stereocenters. The number of amides is 1. The van der Waals surface area contributed by atoms with Gasteiger partial charge in [0.05, 0.1) is 6.04 Å². The number of nitrogens with zero attached hydrogens (tertiary/aromatic N) is 1. The maximum atomic E-state index is 12.3. The number of carbonyl (C=O) groups excluding carboxylic acids is 1. The Bertz CT molecular complexity index is 400. The van der Waals surface area contributed by atoms with Gasteiger partial charge < -0.3 is 10.6 Å². The zero-order chi connectivity index (χ0) is 17.4. The molecule has 2 rings (SSSR count). The number of nitrogens with two attached hydrogens (primary N) is 1. The van der Waals surface area contributed by atoms with E-state index >= 15 is 0 Å².